The number of hydrogen-bond acceptors (Lipinski definition) is 7. The first-order valence-corrected chi connectivity index (χ1v) is 10.1. The fraction of sp³-hybridized carbons (Fsp3) is 0.545. The van der Waals surface area contributed by atoms with Crippen LogP contribution in [0.3, 0.4) is 0 Å². The first-order valence-electron chi connectivity index (χ1n) is 10.1. The summed E-state index contributed by atoms with van der Waals surface area (Å²) in [6, 6.07) is 7.07. The third-order valence-electron chi connectivity index (χ3n) is 4.94. The molecule has 0 radical (unpaired) electrons. The lowest BCUT2D eigenvalue weighted by atomic mass is 9.80. The largest absolute Gasteiger partial charge is 0.465 e. The molecule has 2 rings (SSSR count). The Morgan fingerprint density at radius 3 is 2.53 bits per heavy atom. The fourth-order valence-electron chi connectivity index (χ4n) is 3.46. The number of rotatable bonds is 11. The zero-order valence-electron chi connectivity index (χ0n) is 17.8. The van der Waals surface area contributed by atoms with Crippen molar-refractivity contribution in [1.82, 2.24) is 5.32 Å². The Kier molecular flexibility index (Phi) is 9.79. The van der Waals surface area contributed by atoms with Crippen molar-refractivity contribution >= 4 is 11.9 Å². The molecule has 1 amide bonds. The fourth-order valence-corrected chi connectivity index (χ4v) is 3.46. The van der Waals surface area contributed by atoms with Crippen LogP contribution in [0.2, 0.25) is 0 Å². The molecule has 1 heterocycles. The molecule has 0 saturated carbocycles. The van der Waals surface area contributed by atoms with E-state index in [0.29, 0.717) is 38.2 Å². The predicted molar refractivity (Wildman–Crippen MR) is 110 cm³/mol. The van der Waals surface area contributed by atoms with Gasteiger partial charge in [-0.3, -0.25) is 4.79 Å². The number of hydrogen-bond donors (Lipinski definition) is 2. The highest BCUT2D eigenvalue weighted by molar-refractivity contribution is 5.92. The standard InChI is InChI=1S/C22H31NO7/c1-4-29-22-17(6-5-12-24)18(14-19(30-22)20(25)23-11-13-27-2)15-7-9-16(10-8-15)21(26)28-3/h7-10,14,17-18,22,24H,4-6,11-13H2,1-3H3,(H,23,25)/t17-,18-,22-/m0/s1. The molecule has 0 aliphatic carbocycles. The Hall–Kier alpha value is -2.42. The van der Waals surface area contributed by atoms with E-state index >= 15 is 0 Å². The summed E-state index contributed by atoms with van der Waals surface area (Å²) in [6.07, 6.45) is 2.39. The average molecular weight is 421 g/mol. The van der Waals surface area contributed by atoms with Gasteiger partial charge in [-0.2, -0.15) is 0 Å². The van der Waals surface area contributed by atoms with E-state index in [1.807, 2.05) is 19.1 Å². The monoisotopic (exact) mass is 421 g/mol. The Bertz CT molecular complexity index is 717. The number of carbonyl (C=O) groups excluding carboxylic acids is 2. The Labute approximate surface area is 177 Å². The van der Waals surface area contributed by atoms with Crippen molar-refractivity contribution in [2.45, 2.75) is 32.0 Å². The van der Waals surface area contributed by atoms with Gasteiger partial charge >= 0.3 is 5.97 Å². The SMILES string of the molecule is CCO[C@H]1OC(C(=O)NCCOC)=C[C@@H](c2ccc(C(=O)OC)cc2)[C@@H]1CCCO. The number of allylic oxidation sites excluding steroid dienone is 1. The van der Waals surface area contributed by atoms with E-state index in [2.05, 4.69) is 5.32 Å². The molecule has 30 heavy (non-hydrogen) atoms. The Morgan fingerprint density at radius 1 is 1.20 bits per heavy atom. The van der Waals surface area contributed by atoms with E-state index in [9.17, 15) is 14.7 Å². The maximum absolute atomic E-state index is 12.6. The molecule has 0 bridgehead atoms. The number of carbonyl (C=O) groups is 2. The minimum atomic E-state index is -0.625. The number of esters is 1. The molecule has 1 aliphatic heterocycles. The van der Waals surface area contributed by atoms with Crippen LogP contribution in [0.5, 0.6) is 0 Å². The van der Waals surface area contributed by atoms with Gasteiger partial charge < -0.3 is 29.4 Å². The van der Waals surface area contributed by atoms with E-state index in [4.69, 9.17) is 18.9 Å². The number of methoxy groups -OCH3 is 2. The molecule has 0 spiro atoms. The van der Waals surface area contributed by atoms with Gasteiger partial charge in [0.15, 0.2) is 5.76 Å². The summed E-state index contributed by atoms with van der Waals surface area (Å²) in [6.45, 7) is 3.10. The van der Waals surface area contributed by atoms with Crippen LogP contribution in [0.15, 0.2) is 36.1 Å². The third kappa shape index (κ3) is 6.29. The van der Waals surface area contributed by atoms with Gasteiger partial charge in [0.05, 0.1) is 19.3 Å². The lowest BCUT2D eigenvalue weighted by Gasteiger charge is -2.37. The third-order valence-corrected chi connectivity index (χ3v) is 4.94. The number of ether oxygens (including phenoxy) is 4. The quantitative estimate of drug-likeness (QED) is 0.416. The van der Waals surface area contributed by atoms with Crippen molar-refractivity contribution in [2.75, 3.05) is 40.6 Å². The van der Waals surface area contributed by atoms with Gasteiger partial charge in [-0.1, -0.05) is 12.1 Å². The lowest BCUT2D eigenvalue weighted by molar-refractivity contribution is -0.166. The minimum absolute atomic E-state index is 0.0530. The molecule has 0 unspecified atom stereocenters. The number of aliphatic hydroxyl groups excluding tert-OH is 1. The molecule has 3 atom stereocenters. The van der Waals surface area contributed by atoms with Gasteiger partial charge in [-0.15, -0.1) is 0 Å². The maximum atomic E-state index is 12.6. The van der Waals surface area contributed by atoms with Crippen LogP contribution in [-0.4, -0.2) is 63.9 Å². The van der Waals surface area contributed by atoms with Crippen LogP contribution in [0.4, 0.5) is 0 Å². The summed E-state index contributed by atoms with van der Waals surface area (Å²) in [7, 11) is 2.90. The van der Waals surface area contributed by atoms with Crippen molar-refractivity contribution in [1.29, 1.82) is 0 Å². The van der Waals surface area contributed by atoms with Crippen LogP contribution in [0.25, 0.3) is 0 Å². The Balaban J connectivity index is 2.35. The van der Waals surface area contributed by atoms with Crippen molar-refractivity contribution in [2.24, 2.45) is 5.92 Å². The summed E-state index contributed by atoms with van der Waals surface area (Å²) < 4.78 is 21.4. The molecule has 1 aromatic rings. The number of nitrogens with one attached hydrogen (secondary N) is 1. The van der Waals surface area contributed by atoms with E-state index in [0.717, 1.165) is 5.56 Å². The molecule has 166 valence electrons. The van der Waals surface area contributed by atoms with Crippen LogP contribution in [-0.2, 0) is 23.7 Å². The predicted octanol–water partition coefficient (Wildman–Crippen LogP) is 1.98. The minimum Gasteiger partial charge on any atom is -0.465 e. The van der Waals surface area contributed by atoms with Gasteiger partial charge in [-0.05, 0) is 43.5 Å². The van der Waals surface area contributed by atoms with Crippen LogP contribution >= 0.6 is 0 Å². The maximum Gasteiger partial charge on any atom is 0.337 e. The zero-order valence-corrected chi connectivity index (χ0v) is 17.8. The smallest absolute Gasteiger partial charge is 0.337 e. The van der Waals surface area contributed by atoms with Crippen LogP contribution in [0.1, 0.15) is 41.6 Å². The van der Waals surface area contributed by atoms with Gasteiger partial charge in [0, 0.05) is 38.7 Å². The molecule has 1 aliphatic rings. The highest BCUT2D eigenvalue weighted by Crippen LogP contribution is 2.39. The zero-order chi connectivity index (χ0) is 21.9. The first-order chi connectivity index (χ1) is 14.5. The Morgan fingerprint density at radius 2 is 1.93 bits per heavy atom. The summed E-state index contributed by atoms with van der Waals surface area (Å²) >= 11 is 0. The topological polar surface area (TPSA) is 103 Å². The summed E-state index contributed by atoms with van der Waals surface area (Å²) in [5.74, 6) is -0.847. The van der Waals surface area contributed by atoms with Crippen molar-refractivity contribution < 1.29 is 33.6 Å². The second kappa shape index (κ2) is 12.3. The molecule has 2 N–H and O–H groups in total. The van der Waals surface area contributed by atoms with Crippen LogP contribution in [0, 0.1) is 5.92 Å². The van der Waals surface area contributed by atoms with Crippen molar-refractivity contribution in [3.8, 4) is 0 Å². The van der Waals surface area contributed by atoms with E-state index in [1.165, 1.54) is 7.11 Å². The number of aliphatic hydroxyl groups is 1. The second-order valence-electron chi connectivity index (χ2n) is 6.89. The summed E-state index contributed by atoms with van der Waals surface area (Å²) in [5.41, 5.74) is 1.36. The number of amides is 1. The van der Waals surface area contributed by atoms with Crippen molar-refractivity contribution in [3.05, 3.63) is 47.2 Å². The first kappa shape index (κ1) is 23.9. The highest BCUT2D eigenvalue weighted by atomic mass is 16.7. The second-order valence-corrected chi connectivity index (χ2v) is 6.89. The highest BCUT2D eigenvalue weighted by Gasteiger charge is 2.37. The summed E-state index contributed by atoms with van der Waals surface area (Å²) in [5, 5.41) is 12.1. The van der Waals surface area contributed by atoms with Crippen molar-refractivity contribution in [3.63, 3.8) is 0 Å². The van der Waals surface area contributed by atoms with Gasteiger partial charge in [0.25, 0.3) is 5.91 Å². The van der Waals surface area contributed by atoms with Gasteiger partial charge in [0.1, 0.15) is 0 Å². The average Bonchev–Trinajstić information content (AvgIpc) is 2.77. The molecular weight excluding hydrogens is 390 g/mol. The molecule has 1 aromatic carbocycles. The lowest BCUT2D eigenvalue weighted by Crippen LogP contribution is -2.39. The molecular formula is C22H31NO7. The van der Waals surface area contributed by atoms with Crippen LogP contribution < -0.4 is 5.32 Å². The molecule has 0 saturated heterocycles. The normalized spacial score (nSPS) is 20.8. The molecule has 0 fully saturated rings. The van der Waals surface area contributed by atoms with Gasteiger partial charge in [0.2, 0.25) is 6.29 Å². The van der Waals surface area contributed by atoms with E-state index in [1.54, 1.807) is 25.3 Å². The van der Waals surface area contributed by atoms with E-state index in [-0.39, 0.29) is 30.1 Å². The summed E-state index contributed by atoms with van der Waals surface area (Å²) in [4.78, 5) is 24.3. The van der Waals surface area contributed by atoms with Gasteiger partial charge in [-0.25, -0.2) is 4.79 Å². The molecule has 0 aromatic heterocycles. The number of benzene rings is 1. The van der Waals surface area contributed by atoms with E-state index < -0.39 is 12.3 Å². The molecule has 8 heteroatoms. The molecule has 8 nitrogen and oxygen atoms in total.